The molecule has 1 aliphatic heterocycles. The predicted octanol–water partition coefficient (Wildman–Crippen LogP) is 4.35. The molecular weight excluding hydrogens is 400 g/mol. The van der Waals surface area contributed by atoms with Crippen molar-refractivity contribution in [3.8, 4) is 5.75 Å². The minimum absolute atomic E-state index is 0.226. The van der Waals surface area contributed by atoms with Crippen LogP contribution in [0.15, 0.2) is 71.4 Å². The molecule has 0 aliphatic carbocycles. The minimum Gasteiger partial charge on any atom is -0.493 e. The van der Waals surface area contributed by atoms with Crippen LogP contribution >= 0.6 is 11.8 Å². The molecule has 2 aromatic carbocycles. The number of ether oxygens (including phenoxy) is 2. The van der Waals surface area contributed by atoms with Crippen molar-refractivity contribution in [3.05, 3.63) is 77.5 Å². The van der Waals surface area contributed by atoms with Crippen LogP contribution in [0.5, 0.6) is 5.75 Å². The molecule has 1 heterocycles. The molecule has 0 saturated carbocycles. The van der Waals surface area contributed by atoms with E-state index in [0.717, 1.165) is 34.3 Å². The summed E-state index contributed by atoms with van der Waals surface area (Å²) in [5.41, 5.74) is 2.78. The van der Waals surface area contributed by atoms with E-state index in [4.69, 9.17) is 9.47 Å². The van der Waals surface area contributed by atoms with Crippen LogP contribution in [-0.4, -0.2) is 36.0 Å². The van der Waals surface area contributed by atoms with Crippen LogP contribution < -0.4 is 10.1 Å². The Balaban J connectivity index is 1.52. The molecule has 2 amide bonds. The topological polar surface area (TPSA) is 77.0 Å². The number of allylic oxidation sites excluding steroid dienone is 1. The molecule has 1 aliphatic rings. The number of nitrogens with one attached hydrogen (secondary N) is 1. The number of carbonyl (C=O) groups excluding carboxylic acids is 2. The van der Waals surface area contributed by atoms with E-state index in [0.29, 0.717) is 25.3 Å². The summed E-state index contributed by atoms with van der Waals surface area (Å²) in [6, 6.07) is 17.3. The molecule has 2 aromatic rings. The summed E-state index contributed by atoms with van der Waals surface area (Å²) in [5, 5.41) is 1.66. The third-order valence-corrected chi connectivity index (χ3v) is 5.51. The lowest BCUT2D eigenvalue weighted by molar-refractivity contribution is -0.118. The van der Waals surface area contributed by atoms with Crippen molar-refractivity contribution < 1.29 is 19.1 Å². The van der Waals surface area contributed by atoms with Gasteiger partial charge in [-0.15, -0.1) is 0 Å². The zero-order chi connectivity index (χ0) is 21.3. The molecule has 0 radical (unpaired) electrons. The van der Waals surface area contributed by atoms with Crippen LogP contribution in [0.2, 0.25) is 0 Å². The Morgan fingerprint density at radius 3 is 2.47 bits per heavy atom. The number of hydrogen-bond acceptors (Lipinski definition) is 6. The molecule has 1 fully saturated rings. The van der Waals surface area contributed by atoms with Crippen molar-refractivity contribution in [2.45, 2.75) is 25.0 Å². The van der Waals surface area contributed by atoms with Gasteiger partial charge in [-0.25, -0.2) is 4.99 Å². The maximum atomic E-state index is 11.7. The highest BCUT2D eigenvalue weighted by atomic mass is 32.2. The summed E-state index contributed by atoms with van der Waals surface area (Å²) in [6.07, 6.45) is 3.10. The largest absolute Gasteiger partial charge is 0.493 e. The molecular formula is C23H24N2O4S. The lowest BCUT2D eigenvalue weighted by Crippen LogP contribution is -2.25. The van der Waals surface area contributed by atoms with Crippen LogP contribution in [-0.2, 0) is 16.0 Å². The van der Waals surface area contributed by atoms with Gasteiger partial charge < -0.3 is 9.47 Å². The summed E-state index contributed by atoms with van der Waals surface area (Å²) >= 11 is 1.04. The third kappa shape index (κ3) is 5.97. The van der Waals surface area contributed by atoms with E-state index >= 15 is 0 Å². The van der Waals surface area contributed by atoms with Gasteiger partial charge in [-0.3, -0.25) is 14.9 Å². The smallest absolute Gasteiger partial charge is 0.286 e. The molecule has 1 N–H and O–H groups in total. The van der Waals surface area contributed by atoms with Gasteiger partial charge in [0.1, 0.15) is 5.75 Å². The molecule has 1 unspecified atom stereocenters. The Morgan fingerprint density at radius 1 is 1.13 bits per heavy atom. The molecule has 1 atom stereocenters. The van der Waals surface area contributed by atoms with E-state index < -0.39 is 0 Å². The Hall–Kier alpha value is -3.06. The van der Waals surface area contributed by atoms with Crippen LogP contribution in [0, 0.1) is 0 Å². The van der Waals surface area contributed by atoms with Crippen LogP contribution in [0.25, 0.3) is 0 Å². The van der Waals surface area contributed by atoms with E-state index in [1.165, 1.54) is 0 Å². The summed E-state index contributed by atoms with van der Waals surface area (Å²) in [4.78, 5) is 27.5. The Labute approximate surface area is 180 Å². The van der Waals surface area contributed by atoms with Gasteiger partial charge in [0, 0.05) is 17.7 Å². The highest BCUT2D eigenvalue weighted by Gasteiger charge is 2.31. The van der Waals surface area contributed by atoms with E-state index in [2.05, 4.69) is 10.3 Å². The summed E-state index contributed by atoms with van der Waals surface area (Å²) in [7, 11) is 1.61. The Morgan fingerprint density at radius 2 is 1.87 bits per heavy atom. The van der Waals surface area contributed by atoms with Crippen molar-refractivity contribution in [2.24, 2.45) is 4.99 Å². The second kappa shape index (κ2) is 10.6. The second-order valence-corrected chi connectivity index (χ2v) is 7.77. The van der Waals surface area contributed by atoms with Crippen molar-refractivity contribution >= 4 is 28.8 Å². The van der Waals surface area contributed by atoms with E-state index in [9.17, 15) is 9.59 Å². The average Bonchev–Trinajstić information content (AvgIpc) is 3.09. The molecule has 156 valence electrons. The zero-order valence-electron chi connectivity index (χ0n) is 17.0. The van der Waals surface area contributed by atoms with Gasteiger partial charge in [-0.05, 0) is 43.2 Å². The van der Waals surface area contributed by atoms with Crippen molar-refractivity contribution in [2.75, 3.05) is 13.7 Å². The number of thioether (sulfide) groups is 1. The molecule has 0 aromatic heterocycles. The van der Waals surface area contributed by atoms with Crippen LogP contribution in [0.3, 0.4) is 0 Å². The number of hydrogen-bond donors (Lipinski definition) is 1. The number of imide groups is 1. The van der Waals surface area contributed by atoms with Gasteiger partial charge in [-0.1, -0.05) is 48.2 Å². The first-order valence-corrected chi connectivity index (χ1v) is 10.5. The SMILES string of the molecule is C/C=C(\CCOc1ccc(CC2SC(=O)NC2=O)cc1)N=C(OC)c1ccccc1. The highest BCUT2D eigenvalue weighted by molar-refractivity contribution is 8.15. The molecule has 30 heavy (non-hydrogen) atoms. The summed E-state index contributed by atoms with van der Waals surface area (Å²) in [6.45, 7) is 2.41. The van der Waals surface area contributed by atoms with E-state index in [-0.39, 0.29) is 16.4 Å². The first kappa shape index (κ1) is 21.6. The van der Waals surface area contributed by atoms with Crippen molar-refractivity contribution in [3.63, 3.8) is 0 Å². The van der Waals surface area contributed by atoms with Crippen LogP contribution in [0.1, 0.15) is 24.5 Å². The third-order valence-electron chi connectivity index (χ3n) is 4.53. The Kier molecular flexibility index (Phi) is 7.68. The molecule has 1 saturated heterocycles. The van der Waals surface area contributed by atoms with Crippen molar-refractivity contribution in [1.29, 1.82) is 0 Å². The molecule has 6 nitrogen and oxygen atoms in total. The number of aliphatic imine (C=N–C) groups is 1. The number of amides is 2. The fourth-order valence-electron chi connectivity index (χ4n) is 2.94. The van der Waals surface area contributed by atoms with Gasteiger partial charge >= 0.3 is 0 Å². The van der Waals surface area contributed by atoms with E-state index in [1.807, 2.05) is 67.6 Å². The monoisotopic (exact) mass is 424 g/mol. The number of nitrogens with zero attached hydrogens (tertiary/aromatic N) is 1. The maximum Gasteiger partial charge on any atom is 0.286 e. The number of rotatable bonds is 8. The number of benzene rings is 2. The lowest BCUT2D eigenvalue weighted by Gasteiger charge is -2.10. The van der Waals surface area contributed by atoms with Crippen molar-refractivity contribution in [1.82, 2.24) is 5.32 Å². The van der Waals surface area contributed by atoms with Gasteiger partial charge in [0.15, 0.2) is 0 Å². The van der Waals surface area contributed by atoms with Gasteiger partial charge in [-0.2, -0.15) is 0 Å². The fourth-order valence-corrected chi connectivity index (χ4v) is 3.80. The highest BCUT2D eigenvalue weighted by Crippen LogP contribution is 2.24. The standard InChI is InChI=1S/C23H24N2O4S/c1-3-18(24-22(28-2)17-7-5-4-6-8-17)13-14-29-19-11-9-16(10-12-19)15-20-21(26)25-23(27)30-20/h3-12,20H,13-15H2,1-2H3,(H,25,26,27)/b18-3+,24-22?. The second-order valence-electron chi connectivity index (χ2n) is 6.60. The quantitative estimate of drug-likeness (QED) is 0.504. The summed E-state index contributed by atoms with van der Waals surface area (Å²) < 4.78 is 11.3. The van der Waals surface area contributed by atoms with Gasteiger partial charge in [0.25, 0.3) is 5.24 Å². The molecule has 0 spiro atoms. The first-order chi connectivity index (χ1) is 14.6. The van der Waals surface area contributed by atoms with Gasteiger partial charge in [0.05, 0.1) is 19.0 Å². The lowest BCUT2D eigenvalue weighted by atomic mass is 10.1. The maximum absolute atomic E-state index is 11.7. The zero-order valence-corrected chi connectivity index (χ0v) is 17.8. The normalized spacial score (nSPS) is 17.1. The van der Waals surface area contributed by atoms with Crippen LogP contribution in [0.4, 0.5) is 4.79 Å². The number of methoxy groups -OCH3 is 1. The fraction of sp³-hybridized carbons (Fsp3) is 0.261. The minimum atomic E-state index is -0.362. The number of carbonyl (C=O) groups is 2. The van der Waals surface area contributed by atoms with Gasteiger partial charge in [0.2, 0.25) is 11.8 Å². The molecule has 3 rings (SSSR count). The van der Waals surface area contributed by atoms with E-state index in [1.54, 1.807) is 7.11 Å². The summed E-state index contributed by atoms with van der Waals surface area (Å²) in [5.74, 6) is 1.09. The predicted molar refractivity (Wildman–Crippen MR) is 119 cm³/mol. The molecule has 0 bridgehead atoms. The molecule has 7 heteroatoms. The first-order valence-electron chi connectivity index (χ1n) is 9.65. The average molecular weight is 425 g/mol. The Bertz CT molecular complexity index is 939.